The van der Waals surface area contributed by atoms with Gasteiger partial charge in [-0.3, -0.25) is 4.90 Å². The molecule has 3 saturated carbocycles. The second-order valence-corrected chi connectivity index (χ2v) is 14.3. The predicted octanol–water partition coefficient (Wildman–Crippen LogP) is 6.10. The summed E-state index contributed by atoms with van der Waals surface area (Å²) >= 11 is 0. The molecule has 8 rings (SSSR count). The molecule has 5 nitrogen and oxygen atoms in total. The number of methoxy groups -OCH3 is 1. The van der Waals surface area contributed by atoms with E-state index in [9.17, 15) is 4.79 Å². The van der Waals surface area contributed by atoms with Gasteiger partial charge in [0.2, 0.25) is 0 Å². The number of urea groups is 1. The maximum Gasteiger partial charge on any atom is 0.320 e. The van der Waals surface area contributed by atoms with Gasteiger partial charge in [-0.05, 0) is 117 Å². The van der Waals surface area contributed by atoms with Gasteiger partial charge in [0.25, 0.3) is 0 Å². The number of carbonyl (C=O) groups is 1. The Labute approximate surface area is 239 Å². The predicted molar refractivity (Wildman–Crippen MR) is 157 cm³/mol. The summed E-state index contributed by atoms with van der Waals surface area (Å²) in [5.74, 6) is 3.09. The number of fused-ring (bicyclic) bond motifs is 1. The lowest BCUT2D eigenvalue weighted by atomic mass is 9.43. The highest BCUT2D eigenvalue weighted by Gasteiger charge is 2.76. The van der Waals surface area contributed by atoms with Gasteiger partial charge >= 0.3 is 6.03 Å². The molecule has 2 aliphatic heterocycles. The Morgan fingerprint density at radius 1 is 1.10 bits per heavy atom. The second-order valence-electron chi connectivity index (χ2n) is 14.3. The quantitative estimate of drug-likeness (QED) is 0.445. The zero-order chi connectivity index (χ0) is 27.2. The van der Waals surface area contributed by atoms with Crippen molar-refractivity contribution in [3.8, 4) is 5.75 Å². The van der Waals surface area contributed by atoms with E-state index in [1.807, 2.05) is 7.11 Å². The van der Waals surface area contributed by atoms with Crippen LogP contribution in [0.4, 0.5) is 4.79 Å². The van der Waals surface area contributed by atoms with Crippen molar-refractivity contribution in [2.24, 2.45) is 23.2 Å². The number of ether oxygens (including phenoxy) is 1. The van der Waals surface area contributed by atoms with Gasteiger partial charge in [0.1, 0.15) is 5.75 Å². The first-order chi connectivity index (χ1) is 19.4. The Balaban J connectivity index is 1.18. The van der Waals surface area contributed by atoms with Gasteiger partial charge in [0.05, 0.1) is 7.11 Å². The topological polar surface area (TPSA) is 36.0 Å². The molecule has 2 aromatic rings. The number of nitrogens with zero attached hydrogens (tertiary/aromatic N) is 3. The first-order valence-electron chi connectivity index (χ1n) is 16.0. The smallest absolute Gasteiger partial charge is 0.320 e. The Morgan fingerprint density at radius 3 is 2.67 bits per heavy atom. The molecule has 0 N–H and O–H groups in total. The highest BCUT2D eigenvalue weighted by molar-refractivity contribution is 5.76. The molecular weight excluding hydrogens is 494 g/mol. The van der Waals surface area contributed by atoms with Crippen LogP contribution >= 0.6 is 0 Å². The minimum atomic E-state index is 0.170. The van der Waals surface area contributed by atoms with Gasteiger partial charge in [-0.25, -0.2) is 4.79 Å². The number of benzene rings is 2. The molecule has 0 spiro atoms. The number of amides is 2. The van der Waals surface area contributed by atoms with E-state index in [4.69, 9.17) is 4.74 Å². The van der Waals surface area contributed by atoms with Crippen molar-refractivity contribution in [2.75, 3.05) is 26.7 Å². The summed E-state index contributed by atoms with van der Waals surface area (Å²) in [6, 6.07) is 18.9. The average molecular weight is 540 g/mol. The molecule has 5 fully saturated rings. The van der Waals surface area contributed by atoms with Crippen LogP contribution < -0.4 is 4.74 Å². The number of piperidine rings is 1. The van der Waals surface area contributed by atoms with E-state index in [1.54, 1.807) is 11.1 Å². The second kappa shape index (κ2) is 8.98. The van der Waals surface area contributed by atoms with Crippen LogP contribution in [0.15, 0.2) is 48.5 Å². The van der Waals surface area contributed by atoms with Crippen molar-refractivity contribution in [3.63, 3.8) is 0 Å². The summed E-state index contributed by atoms with van der Waals surface area (Å²) in [6.07, 6.45) is 9.01. The fraction of sp³-hybridized carbons (Fsp3) is 0.629. The van der Waals surface area contributed by atoms with Crippen molar-refractivity contribution in [3.05, 3.63) is 65.2 Å². The van der Waals surface area contributed by atoms with E-state index in [2.05, 4.69) is 77.1 Å². The number of hydrogen-bond acceptors (Lipinski definition) is 3. The standard InChI is InChI=1S/C35H45N3O2/c1-23(2)37(21-24-7-5-4-6-8-24)33(39)38-22-27-19-34-14-13-30(38)32(27)35(34)15-16-36(20-25-9-10-25)31(34)17-26-11-12-28(40-3)18-29(26)35/h4-8,11-12,18,23,25,27,30-32H,9-10,13-17,19-22H2,1-3H3/t27-,30?,31-,32?,34-,35+/m1/s1. The number of likely N-dealkylation sites (tertiary alicyclic amines) is 2. The molecule has 0 radical (unpaired) electrons. The summed E-state index contributed by atoms with van der Waals surface area (Å²) < 4.78 is 5.83. The van der Waals surface area contributed by atoms with Crippen molar-refractivity contribution < 1.29 is 9.53 Å². The summed E-state index contributed by atoms with van der Waals surface area (Å²) in [5, 5.41) is 0. The zero-order valence-corrected chi connectivity index (χ0v) is 24.5. The van der Waals surface area contributed by atoms with Crippen molar-refractivity contribution in [1.29, 1.82) is 0 Å². The zero-order valence-electron chi connectivity index (χ0n) is 24.5. The average Bonchev–Trinajstić information content (AvgIpc) is 3.66. The Hall–Kier alpha value is -2.53. The minimum absolute atomic E-state index is 0.170. The third kappa shape index (κ3) is 3.39. The molecular formula is C35H45N3O2. The lowest BCUT2D eigenvalue weighted by molar-refractivity contribution is -0.102. The maximum absolute atomic E-state index is 14.4. The Bertz CT molecular complexity index is 1310. The molecule has 6 atom stereocenters. The van der Waals surface area contributed by atoms with Crippen LogP contribution in [0.1, 0.15) is 69.1 Å². The lowest BCUT2D eigenvalue weighted by Gasteiger charge is -2.66. The molecule has 2 amide bonds. The van der Waals surface area contributed by atoms with Gasteiger partial charge in [-0.2, -0.15) is 0 Å². The first kappa shape index (κ1) is 25.2. The summed E-state index contributed by atoms with van der Waals surface area (Å²) in [7, 11) is 1.81. The van der Waals surface area contributed by atoms with Crippen LogP contribution in [0.5, 0.6) is 5.75 Å². The molecule has 40 heavy (non-hydrogen) atoms. The fourth-order valence-electron chi connectivity index (χ4n) is 10.7. The summed E-state index contributed by atoms with van der Waals surface area (Å²) in [6.45, 7) is 8.49. The van der Waals surface area contributed by atoms with Crippen molar-refractivity contribution in [1.82, 2.24) is 14.7 Å². The third-order valence-electron chi connectivity index (χ3n) is 12.3. The van der Waals surface area contributed by atoms with Gasteiger partial charge in [0, 0.05) is 43.2 Å². The van der Waals surface area contributed by atoms with Crippen LogP contribution in [-0.4, -0.2) is 65.6 Å². The third-order valence-corrected chi connectivity index (χ3v) is 12.3. The SMILES string of the molecule is COc1ccc2c(c1)[C@]13CCN(CC4CC4)[C@H](C2)[C@]12CCC1C3[C@@H](CN1C(=O)N(Cc1ccccc1)C(C)C)C2. The highest BCUT2D eigenvalue weighted by Crippen LogP contribution is 2.75. The normalized spacial score (nSPS) is 35.5. The molecule has 4 aliphatic carbocycles. The first-order valence-corrected chi connectivity index (χ1v) is 16.0. The largest absolute Gasteiger partial charge is 0.497 e. The number of hydrogen-bond donors (Lipinski definition) is 0. The van der Waals surface area contributed by atoms with E-state index >= 15 is 0 Å². The maximum atomic E-state index is 14.4. The molecule has 4 bridgehead atoms. The lowest BCUT2D eigenvalue weighted by Crippen LogP contribution is -2.70. The molecule has 2 heterocycles. The van der Waals surface area contributed by atoms with Gasteiger partial charge in [-0.1, -0.05) is 36.4 Å². The van der Waals surface area contributed by atoms with Crippen LogP contribution in [0, 0.1) is 23.2 Å². The molecule has 212 valence electrons. The van der Waals surface area contributed by atoms with E-state index in [1.165, 1.54) is 63.6 Å². The molecule has 2 aromatic carbocycles. The van der Waals surface area contributed by atoms with Crippen LogP contribution in [0.3, 0.4) is 0 Å². The van der Waals surface area contributed by atoms with Gasteiger partial charge < -0.3 is 14.5 Å². The van der Waals surface area contributed by atoms with Crippen molar-refractivity contribution >= 4 is 6.03 Å². The molecule has 2 saturated heterocycles. The fourth-order valence-corrected chi connectivity index (χ4v) is 10.7. The monoisotopic (exact) mass is 539 g/mol. The molecule has 0 aromatic heterocycles. The summed E-state index contributed by atoms with van der Waals surface area (Å²) in [5.41, 5.74) is 4.88. The van der Waals surface area contributed by atoms with E-state index < -0.39 is 0 Å². The molecule has 6 aliphatic rings. The highest BCUT2D eigenvalue weighted by atomic mass is 16.5. The van der Waals surface area contributed by atoms with E-state index in [0.29, 0.717) is 35.9 Å². The van der Waals surface area contributed by atoms with E-state index in [-0.39, 0.29) is 17.5 Å². The number of rotatable bonds is 6. The Kier molecular flexibility index (Phi) is 5.66. The van der Waals surface area contributed by atoms with Gasteiger partial charge in [-0.15, -0.1) is 0 Å². The van der Waals surface area contributed by atoms with Crippen molar-refractivity contribution in [2.45, 2.75) is 88.9 Å². The van der Waals surface area contributed by atoms with Crippen LogP contribution in [-0.2, 0) is 18.4 Å². The van der Waals surface area contributed by atoms with E-state index in [0.717, 1.165) is 18.2 Å². The van der Waals surface area contributed by atoms with Crippen LogP contribution in [0.2, 0.25) is 0 Å². The van der Waals surface area contributed by atoms with Gasteiger partial charge in [0.15, 0.2) is 0 Å². The Morgan fingerprint density at radius 2 is 1.93 bits per heavy atom. The van der Waals surface area contributed by atoms with Crippen LogP contribution in [0.25, 0.3) is 0 Å². The minimum Gasteiger partial charge on any atom is -0.497 e. The molecule has 5 heteroatoms. The molecule has 2 unspecified atom stereocenters. The summed E-state index contributed by atoms with van der Waals surface area (Å²) in [4.78, 5) is 21.8. The number of carbonyl (C=O) groups excluding carboxylic acids is 1.